The summed E-state index contributed by atoms with van der Waals surface area (Å²) in [6.07, 6.45) is 1.74. The first-order valence-corrected chi connectivity index (χ1v) is 14.0. The van der Waals surface area contributed by atoms with Crippen LogP contribution in [0.15, 0.2) is 66.7 Å². The number of carbonyl (C=O) groups excluding carboxylic acids is 1. The molecule has 0 fully saturated rings. The predicted molar refractivity (Wildman–Crippen MR) is 150 cm³/mol. The lowest BCUT2D eigenvalue weighted by atomic mass is 10.0. The van der Waals surface area contributed by atoms with Crippen molar-refractivity contribution in [3.8, 4) is 5.69 Å². The first kappa shape index (κ1) is 25.2. The highest BCUT2D eigenvalue weighted by Gasteiger charge is 2.35. The Hall–Kier alpha value is -3.10. The van der Waals surface area contributed by atoms with Crippen molar-refractivity contribution < 1.29 is 14.3 Å². The van der Waals surface area contributed by atoms with E-state index in [-0.39, 0.29) is 17.4 Å². The molecule has 1 amide bonds. The predicted octanol–water partition coefficient (Wildman–Crippen LogP) is 6.49. The van der Waals surface area contributed by atoms with Crippen molar-refractivity contribution in [2.24, 2.45) is 0 Å². The van der Waals surface area contributed by atoms with Crippen LogP contribution in [0, 0.1) is 5.82 Å². The molecule has 6 rings (SSSR count). The number of aliphatic hydroxyl groups excluding tert-OH is 1. The summed E-state index contributed by atoms with van der Waals surface area (Å²) in [6, 6.07) is 18.6. The molecule has 0 unspecified atom stereocenters. The van der Waals surface area contributed by atoms with E-state index in [2.05, 4.69) is 5.32 Å². The zero-order valence-electron chi connectivity index (χ0n) is 20.0. The highest BCUT2D eigenvalue weighted by molar-refractivity contribution is 7.99. The van der Waals surface area contributed by atoms with Crippen molar-refractivity contribution in [2.45, 2.75) is 24.3 Å². The lowest BCUT2D eigenvalue weighted by Crippen LogP contribution is -2.34. The highest BCUT2D eigenvalue weighted by Crippen LogP contribution is 2.39. The van der Waals surface area contributed by atoms with Crippen LogP contribution in [0.1, 0.15) is 44.5 Å². The average Bonchev–Trinajstić information content (AvgIpc) is 3.44. The van der Waals surface area contributed by atoms with E-state index >= 15 is 0 Å². The van der Waals surface area contributed by atoms with Crippen LogP contribution >= 0.6 is 35.0 Å². The topological polar surface area (TPSA) is 67.2 Å². The van der Waals surface area contributed by atoms with Gasteiger partial charge in [0.25, 0.3) is 5.91 Å². The Morgan fingerprint density at radius 2 is 1.89 bits per heavy atom. The fraction of sp³-hybridized carbons (Fsp3) is 0.172. The maximum atomic E-state index is 13.7. The number of aromatic nitrogens is 2. The molecule has 38 heavy (non-hydrogen) atoms. The van der Waals surface area contributed by atoms with Crippen LogP contribution in [0.3, 0.4) is 0 Å². The highest BCUT2D eigenvalue weighted by atomic mass is 35.5. The number of benzene rings is 3. The zero-order valence-corrected chi connectivity index (χ0v) is 22.3. The normalized spacial score (nSPS) is 19.3. The molecule has 1 aromatic heterocycles. The number of amides is 1. The third-order valence-electron chi connectivity index (χ3n) is 6.85. The Labute approximate surface area is 233 Å². The zero-order chi connectivity index (χ0) is 26.4. The van der Waals surface area contributed by atoms with Crippen LogP contribution in [0.5, 0.6) is 0 Å². The monoisotopic (exact) mass is 565 g/mol. The SMILES string of the molecule is O=C(N[C@@H]1c2ccccc2C[C@@H]1O)c1nn(-c2ccc(Cl)cc2Cl)c2c1CSCC2=Cc1ccc(F)cc1. The number of nitrogens with one attached hydrogen (secondary N) is 1. The second-order valence-electron chi connectivity index (χ2n) is 9.32. The van der Waals surface area contributed by atoms with E-state index in [4.69, 9.17) is 28.3 Å². The maximum Gasteiger partial charge on any atom is 0.272 e. The third-order valence-corrected chi connectivity index (χ3v) is 8.39. The van der Waals surface area contributed by atoms with Gasteiger partial charge in [-0.3, -0.25) is 4.79 Å². The van der Waals surface area contributed by atoms with Gasteiger partial charge in [-0.2, -0.15) is 16.9 Å². The van der Waals surface area contributed by atoms with Crippen LogP contribution in [-0.2, 0) is 12.2 Å². The summed E-state index contributed by atoms with van der Waals surface area (Å²) in [5.74, 6) is 0.582. The molecule has 0 saturated carbocycles. The number of aliphatic hydroxyl groups is 1. The van der Waals surface area contributed by atoms with E-state index in [9.17, 15) is 14.3 Å². The molecule has 3 aromatic carbocycles. The van der Waals surface area contributed by atoms with Crippen molar-refractivity contribution >= 4 is 52.5 Å². The summed E-state index contributed by atoms with van der Waals surface area (Å²) >= 11 is 14.4. The van der Waals surface area contributed by atoms with E-state index in [1.165, 1.54) is 12.1 Å². The van der Waals surface area contributed by atoms with Gasteiger partial charge in [0.2, 0.25) is 0 Å². The van der Waals surface area contributed by atoms with Crippen molar-refractivity contribution in [3.63, 3.8) is 0 Å². The third kappa shape index (κ3) is 4.64. The van der Waals surface area contributed by atoms with E-state index in [1.54, 1.807) is 46.8 Å². The number of fused-ring (bicyclic) bond motifs is 2. The Morgan fingerprint density at radius 3 is 2.68 bits per heavy atom. The molecule has 5 nitrogen and oxygen atoms in total. The Morgan fingerprint density at radius 1 is 1.11 bits per heavy atom. The van der Waals surface area contributed by atoms with Crippen LogP contribution in [-0.4, -0.2) is 32.7 Å². The van der Waals surface area contributed by atoms with Crippen molar-refractivity contribution in [3.05, 3.63) is 116 Å². The molecule has 1 aliphatic carbocycles. The van der Waals surface area contributed by atoms with E-state index in [1.807, 2.05) is 30.3 Å². The maximum absolute atomic E-state index is 13.7. The Kier molecular flexibility index (Phi) is 6.78. The van der Waals surface area contributed by atoms with Gasteiger partial charge in [-0.05, 0) is 58.7 Å². The summed E-state index contributed by atoms with van der Waals surface area (Å²) in [5.41, 5.74) is 6.12. The van der Waals surface area contributed by atoms with Crippen LogP contribution < -0.4 is 5.32 Å². The van der Waals surface area contributed by atoms with Crippen LogP contribution in [0.2, 0.25) is 10.0 Å². The molecule has 0 saturated heterocycles. The fourth-order valence-electron chi connectivity index (χ4n) is 5.09. The number of rotatable bonds is 4. The second kappa shape index (κ2) is 10.2. The molecule has 2 heterocycles. The smallest absolute Gasteiger partial charge is 0.272 e. The number of nitrogens with zero attached hydrogens (tertiary/aromatic N) is 2. The van der Waals surface area contributed by atoms with E-state index in [0.29, 0.717) is 33.7 Å². The van der Waals surface area contributed by atoms with Crippen molar-refractivity contribution in [1.82, 2.24) is 15.1 Å². The van der Waals surface area contributed by atoms with Gasteiger partial charge < -0.3 is 10.4 Å². The number of hydrogen-bond donors (Lipinski definition) is 2. The minimum Gasteiger partial charge on any atom is -0.390 e. The summed E-state index contributed by atoms with van der Waals surface area (Å²) in [7, 11) is 0. The quantitative estimate of drug-likeness (QED) is 0.296. The molecule has 2 aliphatic rings. The minimum absolute atomic E-state index is 0.278. The first-order chi connectivity index (χ1) is 18.4. The second-order valence-corrected chi connectivity index (χ2v) is 11.1. The molecule has 0 radical (unpaired) electrons. The van der Waals surface area contributed by atoms with Gasteiger partial charge >= 0.3 is 0 Å². The standard InChI is InChI=1S/C29H22Cl2FN3O2S/c30-19-7-10-24(23(31)13-19)35-28-18(11-16-5-8-20(32)9-6-16)14-38-15-22(28)27(34-35)29(37)33-26-21-4-2-1-3-17(21)12-25(26)36/h1-11,13,25-26,36H,12,14-15H2,(H,33,37)/t25-,26+/m0/s1. The first-order valence-electron chi connectivity index (χ1n) is 12.1. The number of hydrogen-bond acceptors (Lipinski definition) is 4. The van der Waals surface area contributed by atoms with Gasteiger partial charge in [0.05, 0.1) is 28.5 Å². The van der Waals surface area contributed by atoms with Gasteiger partial charge in [-0.1, -0.05) is 59.6 Å². The molecule has 2 N–H and O–H groups in total. The summed E-state index contributed by atoms with van der Waals surface area (Å²) in [4.78, 5) is 13.7. The number of carbonyl (C=O) groups is 1. The summed E-state index contributed by atoms with van der Waals surface area (Å²) in [6.45, 7) is 0. The van der Waals surface area contributed by atoms with Crippen molar-refractivity contribution in [1.29, 1.82) is 0 Å². The lowest BCUT2D eigenvalue weighted by Gasteiger charge is -2.20. The van der Waals surface area contributed by atoms with Gasteiger partial charge in [-0.25, -0.2) is 9.07 Å². The van der Waals surface area contributed by atoms with Crippen molar-refractivity contribution in [2.75, 3.05) is 5.75 Å². The number of thioether (sulfide) groups is 1. The van der Waals surface area contributed by atoms with Gasteiger partial charge in [0.1, 0.15) is 5.82 Å². The molecular formula is C29H22Cl2FN3O2S. The van der Waals surface area contributed by atoms with Gasteiger partial charge in [-0.15, -0.1) is 0 Å². The average molecular weight is 566 g/mol. The minimum atomic E-state index is -0.719. The van der Waals surface area contributed by atoms with Gasteiger partial charge in [0.15, 0.2) is 5.69 Å². The Balaban J connectivity index is 1.46. The van der Waals surface area contributed by atoms with Gasteiger partial charge in [0, 0.05) is 28.5 Å². The molecule has 2 atom stereocenters. The van der Waals surface area contributed by atoms with E-state index < -0.39 is 12.1 Å². The Bertz CT molecular complexity index is 1590. The molecule has 9 heteroatoms. The van der Waals surface area contributed by atoms with E-state index in [0.717, 1.165) is 33.5 Å². The lowest BCUT2D eigenvalue weighted by molar-refractivity contribution is 0.0852. The summed E-state index contributed by atoms with van der Waals surface area (Å²) in [5, 5.41) is 19.4. The van der Waals surface area contributed by atoms with Crippen LogP contribution in [0.4, 0.5) is 4.39 Å². The molecule has 0 bridgehead atoms. The number of halogens is 3. The summed E-state index contributed by atoms with van der Waals surface area (Å²) < 4.78 is 15.2. The molecule has 192 valence electrons. The largest absolute Gasteiger partial charge is 0.390 e. The van der Waals surface area contributed by atoms with Crippen LogP contribution in [0.25, 0.3) is 17.3 Å². The molecule has 0 spiro atoms. The molecular weight excluding hydrogens is 544 g/mol. The molecule has 1 aliphatic heterocycles. The molecule has 4 aromatic rings. The fourth-order valence-corrected chi connectivity index (χ4v) is 6.59.